The normalized spacial score (nSPS) is 44.1. The van der Waals surface area contributed by atoms with Gasteiger partial charge in [0.25, 0.3) is 0 Å². The van der Waals surface area contributed by atoms with E-state index in [1.807, 2.05) is 0 Å². The van der Waals surface area contributed by atoms with Crippen molar-refractivity contribution in [3.8, 4) is 0 Å². The summed E-state index contributed by atoms with van der Waals surface area (Å²) in [6, 6.07) is 2.37. The zero-order valence-electron chi connectivity index (χ0n) is 12.2. The number of fused-ring (bicyclic) bond motifs is 1. The average Bonchev–Trinajstić information content (AvgIpc) is 2.89. The summed E-state index contributed by atoms with van der Waals surface area (Å²) < 4.78 is 5.97. The molecule has 4 rings (SSSR count). The van der Waals surface area contributed by atoms with Crippen molar-refractivity contribution in [1.29, 1.82) is 0 Å². The van der Waals surface area contributed by atoms with E-state index in [0.29, 0.717) is 11.5 Å². The number of nitrogens with zero attached hydrogens (tertiary/aromatic N) is 1. The van der Waals surface area contributed by atoms with Crippen LogP contribution in [0.1, 0.15) is 51.9 Å². The van der Waals surface area contributed by atoms with E-state index in [1.54, 1.807) is 0 Å². The quantitative estimate of drug-likeness (QED) is 0.842. The molecule has 3 heteroatoms. The second-order valence-corrected chi connectivity index (χ2v) is 7.13. The van der Waals surface area contributed by atoms with Gasteiger partial charge in [0.1, 0.15) is 0 Å². The molecule has 0 aromatic heterocycles. The molecule has 4 atom stereocenters. The van der Waals surface area contributed by atoms with E-state index in [9.17, 15) is 0 Å². The summed E-state index contributed by atoms with van der Waals surface area (Å²) >= 11 is 0. The molecule has 0 aromatic carbocycles. The highest BCUT2D eigenvalue weighted by molar-refractivity contribution is 5.13. The fourth-order valence-electron chi connectivity index (χ4n) is 5.21. The Morgan fingerprint density at radius 2 is 2.11 bits per heavy atom. The zero-order chi connectivity index (χ0) is 12.9. The summed E-state index contributed by atoms with van der Waals surface area (Å²) in [4.78, 5) is 2.71. The molecule has 19 heavy (non-hydrogen) atoms. The van der Waals surface area contributed by atoms with Gasteiger partial charge in [-0.15, -0.1) is 0 Å². The van der Waals surface area contributed by atoms with Gasteiger partial charge < -0.3 is 10.1 Å². The molecule has 2 saturated heterocycles. The second-order valence-electron chi connectivity index (χ2n) is 7.13. The van der Waals surface area contributed by atoms with Gasteiger partial charge in [-0.2, -0.15) is 0 Å². The molecule has 4 fully saturated rings. The summed E-state index contributed by atoms with van der Waals surface area (Å²) in [6.07, 6.45) is 10.2. The minimum Gasteiger partial charge on any atom is -0.378 e. The van der Waals surface area contributed by atoms with Gasteiger partial charge >= 0.3 is 0 Å². The van der Waals surface area contributed by atoms with Crippen molar-refractivity contribution < 1.29 is 4.74 Å². The highest BCUT2D eigenvalue weighted by Crippen LogP contribution is 2.57. The van der Waals surface area contributed by atoms with Crippen LogP contribution in [-0.2, 0) is 4.74 Å². The Morgan fingerprint density at radius 1 is 1.21 bits per heavy atom. The first-order valence-corrected chi connectivity index (χ1v) is 8.45. The molecule has 1 N–H and O–H groups in total. The number of rotatable bonds is 4. The van der Waals surface area contributed by atoms with Crippen LogP contribution in [0.15, 0.2) is 0 Å². The van der Waals surface area contributed by atoms with E-state index in [0.717, 1.165) is 24.7 Å². The predicted molar refractivity (Wildman–Crippen MR) is 76.2 cm³/mol. The summed E-state index contributed by atoms with van der Waals surface area (Å²) in [5, 5.41) is 4.05. The van der Waals surface area contributed by atoms with E-state index in [1.165, 1.54) is 58.0 Å². The molecule has 0 aromatic rings. The van der Waals surface area contributed by atoms with Crippen molar-refractivity contribution in [2.45, 2.75) is 76.1 Å². The van der Waals surface area contributed by atoms with E-state index in [-0.39, 0.29) is 0 Å². The Labute approximate surface area is 117 Å². The molecular weight excluding hydrogens is 236 g/mol. The largest absolute Gasteiger partial charge is 0.378 e. The molecule has 3 nitrogen and oxygen atoms in total. The third kappa shape index (κ3) is 1.81. The van der Waals surface area contributed by atoms with Crippen LogP contribution in [-0.4, -0.2) is 48.8 Å². The summed E-state index contributed by atoms with van der Waals surface area (Å²) in [5.74, 6) is 0. The monoisotopic (exact) mass is 264 g/mol. The number of nitrogens with one attached hydrogen (secondary N) is 1. The molecule has 2 heterocycles. The van der Waals surface area contributed by atoms with E-state index in [2.05, 4.69) is 17.1 Å². The van der Waals surface area contributed by atoms with Crippen molar-refractivity contribution in [3.05, 3.63) is 0 Å². The number of hydrogen-bond donors (Lipinski definition) is 1. The van der Waals surface area contributed by atoms with Gasteiger partial charge in [0.15, 0.2) is 0 Å². The smallest absolute Gasteiger partial charge is 0.0661 e. The Morgan fingerprint density at radius 3 is 2.84 bits per heavy atom. The van der Waals surface area contributed by atoms with Crippen molar-refractivity contribution in [3.63, 3.8) is 0 Å². The fourth-order valence-corrected chi connectivity index (χ4v) is 5.21. The second kappa shape index (κ2) is 4.71. The molecule has 4 aliphatic rings. The molecule has 2 aliphatic heterocycles. The van der Waals surface area contributed by atoms with Crippen LogP contribution < -0.4 is 5.32 Å². The van der Waals surface area contributed by atoms with Crippen LogP contribution in [0.4, 0.5) is 0 Å². The maximum absolute atomic E-state index is 5.97. The topological polar surface area (TPSA) is 24.5 Å². The van der Waals surface area contributed by atoms with Gasteiger partial charge in [-0.1, -0.05) is 6.42 Å². The van der Waals surface area contributed by atoms with E-state index in [4.69, 9.17) is 4.74 Å². The molecule has 0 bridgehead atoms. The Bertz CT molecular complexity index is 342. The van der Waals surface area contributed by atoms with Gasteiger partial charge in [0.05, 0.1) is 6.10 Å². The van der Waals surface area contributed by atoms with Crippen LogP contribution in [0.25, 0.3) is 0 Å². The van der Waals surface area contributed by atoms with Crippen molar-refractivity contribution in [2.24, 2.45) is 5.41 Å². The Balaban J connectivity index is 1.38. The standard InChI is InChI=1S/C16H28N2O/c1-2-19-15-11-14(16(15)7-4-8-16)17-12-6-10-18-9-3-5-13(12)18/h12-15,17H,2-11H2,1H3. The van der Waals surface area contributed by atoms with Crippen LogP contribution in [0.2, 0.25) is 0 Å². The van der Waals surface area contributed by atoms with Gasteiger partial charge in [-0.05, 0) is 52.0 Å². The fraction of sp³-hybridized carbons (Fsp3) is 1.00. The SMILES string of the molecule is CCOC1CC(NC2CCN3CCCC23)C12CCC2. The molecule has 2 saturated carbocycles. The van der Waals surface area contributed by atoms with Gasteiger partial charge in [-0.25, -0.2) is 0 Å². The third-order valence-electron chi connectivity index (χ3n) is 6.46. The van der Waals surface area contributed by atoms with Crippen molar-refractivity contribution >= 4 is 0 Å². The maximum Gasteiger partial charge on any atom is 0.0661 e. The highest BCUT2D eigenvalue weighted by atomic mass is 16.5. The predicted octanol–water partition coefficient (Wildman–Crippen LogP) is 2.16. The minimum atomic E-state index is 0.530. The van der Waals surface area contributed by atoms with Crippen LogP contribution in [0.3, 0.4) is 0 Å². The molecule has 0 radical (unpaired) electrons. The lowest BCUT2D eigenvalue weighted by Gasteiger charge is -2.62. The summed E-state index contributed by atoms with van der Waals surface area (Å²) in [5.41, 5.74) is 0.530. The van der Waals surface area contributed by atoms with Gasteiger partial charge in [0.2, 0.25) is 0 Å². The molecule has 4 unspecified atom stereocenters. The first-order chi connectivity index (χ1) is 9.33. The van der Waals surface area contributed by atoms with E-state index >= 15 is 0 Å². The maximum atomic E-state index is 5.97. The molecule has 108 valence electrons. The Kier molecular flexibility index (Phi) is 3.13. The minimum absolute atomic E-state index is 0.530. The highest BCUT2D eigenvalue weighted by Gasteiger charge is 2.59. The lowest BCUT2D eigenvalue weighted by atomic mass is 9.51. The van der Waals surface area contributed by atoms with Crippen LogP contribution in [0.5, 0.6) is 0 Å². The van der Waals surface area contributed by atoms with E-state index < -0.39 is 0 Å². The lowest BCUT2D eigenvalue weighted by Crippen LogP contribution is -2.68. The molecular formula is C16H28N2O. The first-order valence-electron chi connectivity index (χ1n) is 8.45. The van der Waals surface area contributed by atoms with Crippen LogP contribution >= 0.6 is 0 Å². The lowest BCUT2D eigenvalue weighted by molar-refractivity contribution is -0.175. The van der Waals surface area contributed by atoms with Crippen LogP contribution in [0, 0.1) is 5.41 Å². The number of ether oxygens (including phenoxy) is 1. The van der Waals surface area contributed by atoms with Gasteiger partial charge in [0, 0.05) is 36.7 Å². The summed E-state index contributed by atoms with van der Waals surface area (Å²) in [7, 11) is 0. The van der Waals surface area contributed by atoms with Gasteiger partial charge in [-0.3, -0.25) is 4.90 Å². The third-order valence-corrected chi connectivity index (χ3v) is 6.46. The molecule has 1 spiro atoms. The Hall–Kier alpha value is -0.120. The summed E-state index contributed by atoms with van der Waals surface area (Å²) in [6.45, 7) is 5.70. The molecule has 0 amide bonds. The van der Waals surface area contributed by atoms with Crippen molar-refractivity contribution in [1.82, 2.24) is 10.2 Å². The molecule has 2 aliphatic carbocycles. The van der Waals surface area contributed by atoms with Crippen molar-refractivity contribution in [2.75, 3.05) is 19.7 Å². The average molecular weight is 264 g/mol. The zero-order valence-corrected chi connectivity index (χ0v) is 12.2. The first kappa shape index (κ1) is 12.6. The number of hydrogen-bond acceptors (Lipinski definition) is 3.